The molecule has 0 aliphatic rings. The lowest BCUT2D eigenvalue weighted by atomic mass is 9.89. The third-order valence-electron chi connectivity index (χ3n) is 3.79. The highest BCUT2D eigenvalue weighted by Gasteiger charge is 2.28. The Hall–Kier alpha value is -1.68. The molecule has 0 aliphatic carbocycles. The van der Waals surface area contributed by atoms with Gasteiger partial charge in [-0.15, -0.1) is 0 Å². The van der Waals surface area contributed by atoms with E-state index in [1.54, 1.807) is 0 Å². The van der Waals surface area contributed by atoms with Gasteiger partial charge in [-0.3, -0.25) is 0 Å². The molecule has 1 aromatic heterocycles. The zero-order valence-electron chi connectivity index (χ0n) is 13.6. The van der Waals surface area contributed by atoms with Crippen LogP contribution in [0.3, 0.4) is 0 Å². The molecule has 4 nitrogen and oxygen atoms in total. The van der Waals surface area contributed by atoms with Crippen LogP contribution in [0.1, 0.15) is 45.1 Å². The van der Waals surface area contributed by atoms with E-state index in [9.17, 15) is 0 Å². The second kappa shape index (κ2) is 6.85. The monoisotopic (exact) mass is 287 g/mol. The number of hydrogen-bond donors (Lipinski definition) is 1. The zero-order valence-corrected chi connectivity index (χ0v) is 13.6. The third kappa shape index (κ3) is 3.70. The Morgan fingerprint density at radius 3 is 2.62 bits per heavy atom. The average Bonchev–Trinajstić information content (AvgIpc) is 2.88. The highest BCUT2D eigenvalue weighted by atomic mass is 16.5. The molecule has 0 amide bonds. The fraction of sp³-hybridized carbons (Fsp3) is 0.529. The molecular formula is C17H25N3O. The minimum Gasteiger partial charge on any atom is -0.339 e. The SMILES string of the molecule is CCNC(C)C(c1nc(-c2cccc(C)c2)no1)C(C)C. The highest BCUT2D eigenvalue weighted by Crippen LogP contribution is 2.28. The average molecular weight is 287 g/mol. The number of aryl methyl sites for hydroxylation is 1. The van der Waals surface area contributed by atoms with Gasteiger partial charge in [0, 0.05) is 11.6 Å². The quantitative estimate of drug-likeness (QED) is 0.878. The van der Waals surface area contributed by atoms with Gasteiger partial charge in [-0.25, -0.2) is 0 Å². The molecule has 0 bridgehead atoms. The van der Waals surface area contributed by atoms with E-state index in [2.05, 4.69) is 62.2 Å². The molecule has 2 unspecified atom stereocenters. The van der Waals surface area contributed by atoms with Gasteiger partial charge >= 0.3 is 0 Å². The van der Waals surface area contributed by atoms with Crippen LogP contribution in [0.25, 0.3) is 11.4 Å². The summed E-state index contributed by atoms with van der Waals surface area (Å²) in [6.07, 6.45) is 0. The van der Waals surface area contributed by atoms with Crippen molar-refractivity contribution in [2.75, 3.05) is 6.54 Å². The minimum absolute atomic E-state index is 0.219. The van der Waals surface area contributed by atoms with Crippen LogP contribution < -0.4 is 5.32 Å². The maximum Gasteiger partial charge on any atom is 0.231 e. The van der Waals surface area contributed by atoms with Gasteiger partial charge in [0.2, 0.25) is 11.7 Å². The van der Waals surface area contributed by atoms with E-state index in [0.717, 1.165) is 18.0 Å². The molecule has 0 fully saturated rings. The molecule has 0 radical (unpaired) electrons. The number of nitrogens with zero attached hydrogens (tertiary/aromatic N) is 2. The number of aromatic nitrogens is 2. The van der Waals surface area contributed by atoms with Crippen molar-refractivity contribution in [3.63, 3.8) is 0 Å². The van der Waals surface area contributed by atoms with Crippen molar-refractivity contribution in [1.29, 1.82) is 0 Å². The van der Waals surface area contributed by atoms with Crippen molar-refractivity contribution < 1.29 is 4.52 Å². The predicted octanol–water partition coefficient (Wildman–Crippen LogP) is 3.78. The molecule has 21 heavy (non-hydrogen) atoms. The topological polar surface area (TPSA) is 51.0 Å². The molecule has 0 spiro atoms. The van der Waals surface area contributed by atoms with Gasteiger partial charge < -0.3 is 9.84 Å². The van der Waals surface area contributed by atoms with Gasteiger partial charge in [-0.1, -0.05) is 49.7 Å². The van der Waals surface area contributed by atoms with Crippen LogP contribution in [0.2, 0.25) is 0 Å². The molecule has 0 saturated heterocycles. The van der Waals surface area contributed by atoms with E-state index in [4.69, 9.17) is 4.52 Å². The largest absolute Gasteiger partial charge is 0.339 e. The Morgan fingerprint density at radius 1 is 1.24 bits per heavy atom. The summed E-state index contributed by atoms with van der Waals surface area (Å²) in [5, 5.41) is 7.62. The van der Waals surface area contributed by atoms with Gasteiger partial charge in [0.05, 0.1) is 5.92 Å². The van der Waals surface area contributed by atoms with Crippen LogP contribution >= 0.6 is 0 Å². The molecule has 2 aromatic rings. The summed E-state index contributed by atoms with van der Waals surface area (Å²) < 4.78 is 5.55. The fourth-order valence-electron chi connectivity index (χ4n) is 2.80. The Bertz CT molecular complexity index is 577. The first-order valence-corrected chi connectivity index (χ1v) is 7.67. The van der Waals surface area contributed by atoms with Crippen molar-refractivity contribution >= 4 is 0 Å². The fourth-order valence-corrected chi connectivity index (χ4v) is 2.80. The predicted molar refractivity (Wildman–Crippen MR) is 85.2 cm³/mol. The summed E-state index contributed by atoms with van der Waals surface area (Å²) in [5.74, 6) is 2.04. The normalized spacial score (nSPS) is 14.4. The van der Waals surface area contributed by atoms with Crippen molar-refractivity contribution in [3.05, 3.63) is 35.7 Å². The van der Waals surface area contributed by atoms with Gasteiger partial charge in [0.15, 0.2) is 0 Å². The Balaban J connectivity index is 2.28. The van der Waals surface area contributed by atoms with Crippen LogP contribution in [0, 0.1) is 12.8 Å². The first-order chi connectivity index (χ1) is 10.0. The number of rotatable bonds is 6. The van der Waals surface area contributed by atoms with Crippen LogP contribution in [-0.4, -0.2) is 22.7 Å². The van der Waals surface area contributed by atoms with Gasteiger partial charge in [0.25, 0.3) is 0 Å². The van der Waals surface area contributed by atoms with Gasteiger partial charge in [-0.2, -0.15) is 4.98 Å². The Kier molecular flexibility index (Phi) is 5.12. The van der Waals surface area contributed by atoms with Crippen molar-refractivity contribution in [2.24, 2.45) is 5.92 Å². The number of nitrogens with one attached hydrogen (secondary N) is 1. The number of benzene rings is 1. The lowest BCUT2D eigenvalue weighted by Gasteiger charge is -2.24. The van der Waals surface area contributed by atoms with Crippen molar-refractivity contribution in [1.82, 2.24) is 15.5 Å². The molecule has 1 heterocycles. The van der Waals surface area contributed by atoms with Crippen LogP contribution in [0.4, 0.5) is 0 Å². The van der Waals surface area contributed by atoms with E-state index in [-0.39, 0.29) is 5.92 Å². The number of hydrogen-bond acceptors (Lipinski definition) is 4. The molecule has 2 rings (SSSR count). The Morgan fingerprint density at radius 2 is 2.00 bits per heavy atom. The first kappa shape index (κ1) is 15.7. The van der Waals surface area contributed by atoms with E-state index in [0.29, 0.717) is 17.8 Å². The molecule has 4 heteroatoms. The van der Waals surface area contributed by atoms with E-state index in [1.807, 2.05) is 12.1 Å². The van der Waals surface area contributed by atoms with Crippen molar-refractivity contribution in [2.45, 2.75) is 46.6 Å². The van der Waals surface area contributed by atoms with Crippen LogP contribution in [0.5, 0.6) is 0 Å². The summed E-state index contributed by atoms with van der Waals surface area (Å²) in [5.41, 5.74) is 2.20. The molecular weight excluding hydrogens is 262 g/mol. The van der Waals surface area contributed by atoms with Crippen LogP contribution in [-0.2, 0) is 0 Å². The highest BCUT2D eigenvalue weighted by molar-refractivity contribution is 5.55. The Labute approximate surface area is 127 Å². The molecule has 2 atom stereocenters. The molecule has 0 saturated carbocycles. The molecule has 1 aromatic carbocycles. The standard InChI is InChI=1S/C17H25N3O/c1-6-18-13(5)15(11(2)3)17-19-16(20-21-17)14-9-7-8-12(4)10-14/h7-11,13,15,18H,6H2,1-5H3. The maximum atomic E-state index is 5.55. The summed E-state index contributed by atoms with van der Waals surface area (Å²) in [6, 6.07) is 8.48. The third-order valence-corrected chi connectivity index (χ3v) is 3.79. The number of likely N-dealkylation sites (N-methyl/N-ethyl adjacent to an activating group) is 1. The van der Waals surface area contributed by atoms with E-state index >= 15 is 0 Å². The smallest absolute Gasteiger partial charge is 0.231 e. The molecule has 1 N–H and O–H groups in total. The van der Waals surface area contributed by atoms with E-state index in [1.165, 1.54) is 5.56 Å². The summed E-state index contributed by atoms with van der Waals surface area (Å²) in [4.78, 5) is 4.63. The lowest BCUT2D eigenvalue weighted by Crippen LogP contribution is -2.34. The maximum absolute atomic E-state index is 5.55. The van der Waals surface area contributed by atoms with Crippen LogP contribution in [0.15, 0.2) is 28.8 Å². The van der Waals surface area contributed by atoms with E-state index < -0.39 is 0 Å². The van der Waals surface area contributed by atoms with Gasteiger partial charge in [-0.05, 0) is 32.4 Å². The summed E-state index contributed by atoms with van der Waals surface area (Å²) in [7, 11) is 0. The lowest BCUT2D eigenvalue weighted by molar-refractivity contribution is 0.281. The summed E-state index contributed by atoms with van der Waals surface area (Å²) >= 11 is 0. The zero-order chi connectivity index (χ0) is 15.4. The van der Waals surface area contributed by atoms with Gasteiger partial charge in [0.1, 0.15) is 0 Å². The molecule has 114 valence electrons. The minimum atomic E-state index is 0.219. The van der Waals surface area contributed by atoms with Crippen molar-refractivity contribution in [3.8, 4) is 11.4 Å². The second-order valence-corrected chi connectivity index (χ2v) is 5.94. The first-order valence-electron chi connectivity index (χ1n) is 7.67. The second-order valence-electron chi connectivity index (χ2n) is 5.94. The summed E-state index contributed by atoms with van der Waals surface area (Å²) in [6.45, 7) is 11.7. The molecule has 0 aliphatic heterocycles.